The summed E-state index contributed by atoms with van der Waals surface area (Å²) in [5.41, 5.74) is 1.27. The van der Waals surface area contributed by atoms with E-state index in [4.69, 9.17) is 14.2 Å². The molecule has 136 valence electrons. The molecule has 1 fully saturated rings. The lowest BCUT2D eigenvalue weighted by atomic mass is 9.64. The number of benzene rings is 1. The molecule has 5 rings (SSSR count). The fourth-order valence-electron chi connectivity index (χ4n) is 5.34. The molecule has 7 heteroatoms. The Kier molecular flexibility index (Phi) is 3.66. The van der Waals surface area contributed by atoms with E-state index in [1.807, 2.05) is 25.3 Å². The van der Waals surface area contributed by atoms with Gasteiger partial charge in [-0.2, -0.15) is 0 Å². The Morgan fingerprint density at radius 3 is 2.68 bits per heavy atom. The van der Waals surface area contributed by atoms with Gasteiger partial charge in [-0.1, -0.05) is 12.2 Å². The fourth-order valence-corrected chi connectivity index (χ4v) is 5.34. The van der Waals surface area contributed by atoms with Crippen LogP contribution < -0.4 is 21.9 Å². The topological polar surface area (TPSA) is 68.2 Å². The molecule has 1 aliphatic carbocycles. The smallest absolute Gasteiger partial charge is 0.231 e. The third kappa shape index (κ3) is 1.89. The van der Waals surface area contributed by atoms with E-state index in [1.165, 1.54) is 0 Å². The first-order chi connectivity index (χ1) is 11.5. The maximum absolute atomic E-state index is 11.2. The first kappa shape index (κ1) is 17.1. The number of aliphatic hydroxyl groups is 2. The molecule has 6 atom stereocenters. The third-order valence-corrected chi connectivity index (χ3v) is 6.57. The van der Waals surface area contributed by atoms with Gasteiger partial charge >= 0.3 is 0 Å². The Labute approximate surface area is 152 Å². The van der Waals surface area contributed by atoms with Crippen LogP contribution in [0.4, 0.5) is 0 Å². The summed E-state index contributed by atoms with van der Waals surface area (Å²) in [5, 5.41) is 22.2. The number of rotatable bonds is 1. The molecule has 4 aliphatic rings. The molecule has 1 aromatic rings. The SMILES string of the molecule is CO[C@H]1C=C[C@]23c4cc5c(cc4[C@H](O)[N@+](C)(C[C@H]2O)[C@@H]3C1)OCO5.[Cl-]. The largest absolute Gasteiger partial charge is 1.00 e. The van der Waals surface area contributed by atoms with Crippen molar-refractivity contribution in [3.63, 3.8) is 0 Å². The summed E-state index contributed by atoms with van der Waals surface area (Å²) in [7, 11) is 3.73. The molecular formula is C18H22ClNO5. The Hall–Kier alpha value is -1.31. The van der Waals surface area contributed by atoms with Crippen LogP contribution >= 0.6 is 0 Å². The predicted molar refractivity (Wildman–Crippen MR) is 84.6 cm³/mol. The van der Waals surface area contributed by atoms with Crippen LogP contribution in [0, 0.1) is 0 Å². The number of nitrogens with zero attached hydrogens (tertiary/aromatic N) is 1. The maximum atomic E-state index is 11.2. The van der Waals surface area contributed by atoms with Gasteiger partial charge in [0.25, 0.3) is 0 Å². The normalized spacial score (nSPS) is 42.6. The van der Waals surface area contributed by atoms with Gasteiger partial charge in [0.2, 0.25) is 13.0 Å². The lowest BCUT2D eigenvalue weighted by Gasteiger charge is -2.51. The number of fused-ring (bicyclic) bond motifs is 2. The molecule has 0 radical (unpaired) electrons. The van der Waals surface area contributed by atoms with Crippen LogP contribution in [-0.4, -0.2) is 60.4 Å². The van der Waals surface area contributed by atoms with E-state index in [0.717, 1.165) is 17.5 Å². The molecule has 25 heavy (non-hydrogen) atoms. The van der Waals surface area contributed by atoms with Gasteiger partial charge in [-0.3, -0.25) is 4.48 Å². The number of methoxy groups -OCH3 is 1. The van der Waals surface area contributed by atoms with Crippen LogP contribution in [0.15, 0.2) is 24.3 Å². The number of hydrogen-bond donors (Lipinski definition) is 2. The quantitative estimate of drug-likeness (QED) is 0.437. The van der Waals surface area contributed by atoms with Crippen LogP contribution in [0.3, 0.4) is 0 Å². The lowest BCUT2D eigenvalue weighted by Crippen LogP contribution is -3.00. The van der Waals surface area contributed by atoms with Crippen molar-refractivity contribution in [2.75, 3.05) is 27.5 Å². The second-order valence-corrected chi connectivity index (χ2v) is 7.53. The molecule has 0 unspecified atom stereocenters. The molecule has 0 saturated carbocycles. The van der Waals surface area contributed by atoms with Crippen molar-refractivity contribution in [1.29, 1.82) is 0 Å². The van der Waals surface area contributed by atoms with Crippen molar-refractivity contribution in [2.24, 2.45) is 0 Å². The number of ether oxygens (including phenoxy) is 3. The summed E-state index contributed by atoms with van der Waals surface area (Å²) < 4.78 is 17.0. The predicted octanol–water partition coefficient (Wildman–Crippen LogP) is -2.17. The molecule has 0 spiro atoms. The zero-order chi connectivity index (χ0) is 16.7. The van der Waals surface area contributed by atoms with Gasteiger partial charge in [0.1, 0.15) is 18.7 Å². The summed E-state index contributed by atoms with van der Waals surface area (Å²) >= 11 is 0. The van der Waals surface area contributed by atoms with Gasteiger partial charge in [0.05, 0.1) is 18.6 Å². The molecule has 0 aromatic heterocycles. The van der Waals surface area contributed by atoms with E-state index >= 15 is 0 Å². The summed E-state index contributed by atoms with van der Waals surface area (Å²) in [6, 6.07) is 3.89. The molecule has 3 aliphatic heterocycles. The average molecular weight is 368 g/mol. The molecule has 2 N–H and O–H groups in total. The first-order valence-corrected chi connectivity index (χ1v) is 8.38. The van der Waals surface area contributed by atoms with Crippen molar-refractivity contribution < 1.29 is 41.3 Å². The summed E-state index contributed by atoms with van der Waals surface area (Å²) in [6.07, 6.45) is 3.66. The fraction of sp³-hybridized carbons (Fsp3) is 0.556. The summed E-state index contributed by atoms with van der Waals surface area (Å²) in [4.78, 5) is 0. The van der Waals surface area contributed by atoms with E-state index in [0.29, 0.717) is 22.5 Å². The van der Waals surface area contributed by atoms with E-state index < -0.39 is 17.7 Å². The zero-order valence-corrected chi connectivity index (χ0v) is 14.9. The monoisotopic (exact) mass is 367 g/mol. The van der Waals surface area contributed by atoms with Crippen molar-refractivity contribution in [3.8, 4) is 11.5 Å². The van der Waals surface area contributed by atoms with Crippen LogP contribution in [0.25, 0.3) is 0 Å². The second-order valence-electron chi connectivity index (χ2n) is 7.53. The van der Waals surface area contributed by atoms with Crippen LogP contribution in [0.1, 0.15) is 23.8 Å². The molecule has 1 saturated heterocycles. The molecule has 1 aromatic carbocycles. The van der Waals surface area contributed by atoms with Crippen molar-refractivity contribution in [3.05, 3.63) is 35.4 Å². The third-order valence-electron chi connectivity index (χ3n) is 6.57. The minimum Gasteiger partial charge on any atom is -1.00 e. The van der Waals surface area contributed by atoms with Crippen molar-refractivity contribution in [1.82, 2.24) is 0 Å². The number of likely N-dealkylation sites (N-methyl/N-ethyl adjacent to an activating group) is 1. The highest BCUT2D eigenvalue weighted by Crippen LogP contribution is 2.59. The van der Waals surface area contributed by atoms with Crippen LogP contribution in [0.5, 0.6) is 11.5 Å². The Morgan fingerprint density at radius 2 is 1.96 bits per heavy atom. The zero-order valence-electron chi connectivity index (χ0n) is 14.2. The Bertz CT molecular complexity index is 755. The van der Waals surface area contributed by atoms with E-state index in [9.17, 15) is 10.2 Å². The minimum absolute atomic E-state index is 0. The summed E-state index contributed by atoms with van der Waals surface area (Å²) in [6.45, 7) is 0.703. The van der Waals surface area contributed by atoms with Crippen LogP contribution in [0.2, 0.25) is 0 Å². The number of aliphatic hydroxyl groups excluding tert-OH is 2. The van der Waals surface area contributed by atoms with Gasteiger partial charge in [-0.05, 0) is 17.7 Å². The number of halogens is 1. The Morgan fingerprint density at radius 1 is 1.24 bits per heavy atom. The molecule has 6 nitrogen and oxygen atoms in total. The number of hydrogen-bond acceptors (Lipinski definition) is 5. The minimum atomic E-state index is -0.700. The average Bonchev–Trinajstić information content (AvgIpc) is 3.12. The van der Waals surface area contributed by atoms with Gasteiger partial charge in [0.15, 0.2) is 11.5 Å². The van der Waals surface area contributed by atoms with Crippen molar-refractivity contribution >= 4 is 0 Å². The first-order valence-electron chi connectivity index (χ1n) is 8.38. The molecular weight excluding hydrogens is 346 g/mol. The molecule has 2 bridgehead atoms. The van der Waals surface area contributed by atoms with E-state index in [1.54, 1.807) is 7.11 Å². The number of quaternary nitrogens is 1. The Balaban J connectivity index is 0.00000157. The molecule has 3 heterocycles. The summed E-state index contributed by atoms with van der Waals surface area (Å²) in [5.74, 6) is 1.35. The van der Waals surface area contributed by atoms with Gasteiger partial charge < -0.3 is 36.8 Å². The highest BCUT2D eigenvalue weighted by molar-refractivity contribution is 5.56. The highest BCUT2D eigenvalue weighted by atomic mass is 35.5. The second kappa shape index (κ2) is 5.34. The molecule has 0 amide bonds. The van der Waals surface area contributed by atoms with E-state index in [2.05, 4.69) is 6.08 Å². The van der Waals surface area contributed by atoms with Gasteiger partial charge in [-0.15, -0.1) is 0 Å². The van der Waals surface area contributed by atoms with E-state index in [-0.39, 0.29) is 31.3 Å². The highest BCUT2D eigenvalue weighted by Gasteiger charge is 2.69. The maximum Gasteiger partial charge on any atom is 0.231 e. The lowest BCUT2D eigenvalue weighted by molar-refractivity contribution is -0.976. The van der Waals surface area contributed by atoms with Gasteiger partial charge in [-0.25, -0.2) is 0 Å². The van der Waals surface area contributed by atoms with Crippen molar-refractivity contribution in [2.45, 2.75) is 36.3 Å². The standard InChI is InChI=1S/C18H22NO5.ClH/c1-19-8-16(20)18(4-3-10(22-2)5-15(18)19)12-7-14-13(23-9-24-14)6-11(12)17(19)21;/h3-4,6-7,10,15-17,20-21H,5,8-9H2,1-2H3;1H/q+1;/p-1/t10-,15+,16+,17-,18+,19+;/m0./s1. The van der Waals surface area contributed by atoms with Crippen LogP contribution in [-0.2, 0) is 10.2 Å². The van der Waals surface area contributed by atoms with Gasteiger partial charge in [0, 0.05) is 19.1 Å².